The van der Waals surface area contributed by atoms with Crippen LogP contribution in [0.4, 0.5) is 11.4 Å². The summed E-state index contributed by atoms with van der Waals surface area (Å²) in [5.41, 5.74) is 10.4. The molecule has 6 rings (SSSR count). The zero-order valence-electron chi connectivity index (χ0n) is 25.6. The van der Waals surface area contributed by atoms with Gasteiger partial charge in [-0.1, -0.05) is 99.5 Å². The molecule has 3 atom stereocenters. The maximum atomic E-state index is 13.8. The number of carbonyl (C=O) groups excluding carboxylic acids is 1. The highest BCUT2D eigenvalue weighted by molar-refractivity contribution is 6.01. The number of hydrogen-bond acceptors (Lipinski definition) is 2. The minimum absolute atomic E-state index is 0.0130. The van der Waals surface area contributed by atoms with E-state index in [4.69, 9.17) is 0 Å². The number of Topliss-reactive ketones (excluding diaryl/α,β-unsaturated/α-hetero) is 1. The number of nitrogens with zero attached hydrogens (tertiary/aromatic N) is 1. The normalized spacial score (nSPS) is 20.4. The van der Waals surface area contributed by atoms with Crippen molar-refractivity contribution >= 4 is 23.2 Å². The third-order valence-electron chi connectivity index (χ3n) is 9.68. The summed E-state index contributed by atoms with van der Waals surface area (Å²) in [6.07, 6.45) is 17.7. The van der Waals surface area contributed by atoms with Gasteiger partial charge < -0.3 is 4.90 Å². The van der Waals surface area contributed by atoms with Crippen LogP contribution in [0.15, 0.2) is 102 Å². The van der Waals surface area contributed by atoms with Crippen molar-refractivity contribution in [3.8, 4) is 0 Å². The van der Waals surface area contributed by atoms with Gasteiger partial charge in [-0.05, 0) is 109 Å². The Hall–Kier alpha value is -3.65. The number of hydrogen-bond donors (Lipinski definition) is 0. The van der Waals surface area contributed by atoms with Crippen molar-refractivity contribution in [1.82, 2.24) is 0 Å². The van der Waals surface area contributed by atoms with Crippen LogP contribution in [0.1, 0.15) is 87.5 Å². The lowest BCUT2D eigenvalue weighted by Crippen LogP contribution is -2.26. The summed E-state index contributed by atoms with van der Waals surface area (Å²) in [4.78, 5) is 16.5. The largest absolute Gasteiger partial charge is 0.338 e. The van der Waals surface area contributed by atoms with E-state index in [0.717, 1.165) is 36.8 Å². The number of anilines is 2. The molecule has 0 N–H and O–H groups in total. The molecule has 3 aliphatic rings. The van der Waals surface area contributed by atoms with Crippen LogP contribution in [-0.4, -0.2) is 11.8 Å². The van der Waals surface area contributed by atoms with Crippen LogP contribution >= 0.6 is 0 Å². The lowest BCUT2D eigenvalue weighted by molar-refractivity contribution is -0.119. The molecule has 0 spiro atoms. The average Bonchev–Trinajstić information content (AvgIpc) is 3.61. The van der Waals surface area contributed by atoms with Gasteiger partial charge in [0.25, 0.3) is 0 Å². The molecule has 3 aromatic rings. The number of benzene rings is 3. The molecule has 216 valence electrons. The highest BCUT2D eigenvalue weighted by Gasteiger charge is 2.42. The second kappa shape index (κ2) is 12.7. The monoisotopic (exact) mass is 555 g/mol. The molecule has 1 saturated carbocycles. The molecule has 1 aliphatic heterocycles. The first-order chi connectivity index (χ1) is 20.5. The van der Waals surface area contributed by atoms with Crippen LogP contribution in [0.3, 0.4) is 0 Å². The summed E-state index contributed by atoms with van der Waals surface area (Å²) >= 11 is 0. The molecular formula is C40H45NO. The van der Waals surface area contributed by atoms with E-state index in [9.17, 15) is 4.79 Å². The van der Waals surface area contributed by atoms with Gasteiger partial charge >= 0.3 is 0 Å². The van der Waals surface area contributed by atoms with Crippen LogP contribution in [-0.2, 0) is 17.6 Å². The molecule has 0 radical (unpaired) electrons. The van der Waals surface area contributed by atoms with E-state index in [1.165, 1.54) is 59.3 Å². The molecule has 3 unspecified atom stereocenters. The summed E-state index contributed by atoms with van der Waals surface area (Å²) in [5, 5.41) is 0. The van der Waals surface area contributed by atoms with Gasteiger partial charge in [0, 0.05) is 29.3 Å². The molecule has 0 aromatic heterocycles. The second-order valence-electron chi connectivity index (χ2n) is 12.8. The van der Waals surface area contributed by atoms with E-state index in [2.05, 4.69) is 117 Å². The zero-order valence-corrected chi connectivity index (χ0v) is 25.6. The summed E-state index contributed by atoms with van der Waals surface area (Å²) in [5.74, 6) is 1.06. The van der Waals surface area contributed by atoms with Gasteiger partial charge in [-0.2, -0.15) is 0 Å². The Kier molecular flexibility index (Phi) is 8.60. The lowest BCUT2D eigenvalue weighted by Gasteiger charge is -2.27. The first-order valence-corrected chi connectivity index (χ1v) is 16.2. The molecule has 0 saturated heterocycles. The van der Waals surface area contributed by atoms with E-state index in [-0.39, 0.29) is 11.8 Å². The molecule has 2 aliphatic carbocycles. The number of ketones is 1. The third kappa shape index (κ3) is 5.95. The van der Waals surface area contributed by atoms with Crippen molar-refractivity contribution in [1.29, 1.82) is 0 Å². The Morgan fingerprint density at radius 2 is 1.79 bits per heavy atom. The highest BCUT2D eigenvalue weighted by Crippen LogP contribution is 2.52. The van der Waals surface area contributed by atoms with Crippen molar-refractivity contribution in [3.63, 3.8) is 0 Å². The van der Waals surface area contributed by atoms with Crippen molar-refractivity contribution in [3.05, 3.63) is 124 Å². The number of fused-ring (bicyclic) bond motifs is 3. The molecule has 0 bridgehead atoms. The van der Waals surface area contributed by atoms with Gasteiger partial charge in [0.2, 0.25) is 0 Å². The van der Waals surface area contributed by atoms with Crippen LogP contribution in [0.5, 0.6) is 0 Å². The molecule has 42 heavy (non-hydrogen) atoms. The third-order valence-corrected chi connectivity index (χ3v) is 9.68. The Morgan fingerprint density at radius 3 is 2.50 bits per heavy atom. The predicted octanol–water partition coefficient (Wildman–Crippen LogP) is 10.2. The molecule has 2 nitrogen and oxygen atoms in total. The zero-order chi connectivity index (χ0) is 29.1. The van der Waals surface area contributed by atoms with Gasteiger partial charge in [0.05, 0.1) is 0 Å². The Morgan fingerprint density at radius 1 is 0.976 bits per heavy atom. The van der Waals surface area contributed by atoms with E-state index in [0.29, 0.717) is 17.7 Å². The molecule has 3 aromatic carbocycles. The molecule has 0 amide bonds. The summed E-state index contributed by atoms with van der Waals surface area (Å²) in [6.45, 7) is 6.46. The topological polar surface area (TPSA) is 20.3 Å². The van der Waals surface area contributed by atoms with Gasteiger partial charge in [-0.3, -0.25) is 4.79 Å². The van der Waals surface area contributed by atoms with Crippen LogP contribution in [0, 0.1) is 11.8 Å². The van der Waals surface area contributed by atoms with Gasteiger partial charge in [-0.25, -0.2) is 0 Å². The van der Waals surface area contributed by atoms with Crippen molar-refractivity contribution in [2.45, 2.75) is 84.1 Å². The summed E-state index contributed by atoms with van der Waals surface area (Å²) < 4.78 is 0. The van der Waals surface area contributed by atoms with Gasteiger partial charge in [0.15, 0.2) is 5.78 Å². The molecular weight excluding hydrogens is 510 g/mol. The quantitative estimate of drug-likeness (QED) is 0.232. The smallest absolute Gasteiger partial charge is 0.162 e. The second-order valence-corrected chi connectivity index (χ2v) is 12.8. The van der Waals surface area contributed by atoms with Crippen LogP contribution in [0.25, 0.3) is 6.08 Å². The number of carbonyl (C=O) groups is 1. The maximum Gasteiger partial charge on any atom is 0.162 e. The van der Waals surface area contributed by atoms with E-state index < -0.39 is 0 Å². The Bertz CT molecular complexity index is 1490. The van der Waals surface area contributed by atoms with Crippen molar-refractivity contribution in [2.24, 2.45) is 11.8 Å². The van der Waals surface area contributed by atoms with E-state index >= 15 is 0 Å². The fourth-order valence-electron chi connectivity index (χ4n) is 7.40. The van der Waals surface area contributed by atoms with Crippen molar-refractivity contribution < 1.29 is 4.79 Å². The minimum Gasteiger partial charge on any atom is -0.338 e. The minimum atomic E-state index is 0.0130. The van der Waals surface area contributed by atoms with E-state index in [1.807, 2.05) is 6.07 Å². The molecule has 1 heterocycles. The summed E-state index contributed by atoms with van der Waals surface area (Å²) in [7, 11) is 0. The van der Waals surface area contributed by atoms with Crippen LogP contribution in [0.2, 0.25) is 0 Å². The van der Waals surface area contributed by atoms with Gasteiger partial charge in [0.1, 0.15) is 0 Å². The van der Waals surface area contributed by atoms with E-state index in [1.54, 1.807) is 0 Å². The summed E-state index contributed by atoms with van der Waals surface area (Å²) in [6, 6.07) is 27.2. The Labute approximate surface area is 252 Å². The lowest BCUT2D eigenvalue weighted by atomic mass is 9.84. The molecule has 2 heteroatoms. The number of rotatable bonds is 10. The highest BCUT2D eigenvalue weighted by atomic mass is 16.1. The average molecular weight is 556 g/mol. The fraction of sp³-hybridized carbons (Fsp3) is 0.375. The SMILES string of the molecule is CCC(Cc1ccccc1)C(=O)C(=Cc1ccc2c(c1)C1CCCC1N2c1ccc(CC2=CC=CCC2)cc1)C(C)C. The fourth-order valence-corrected chi connectivity index (χ4v) is 7.40. The first kappa shape index (κ1) is 28.5. The van der Waals surface area contributed by atoms with Crippen LogP contribution < -0.4 is 4.90 Å². The molecule has 1 fully saturated rings. The standard InChI is InChI=1S/C40H45NO/c1-4-33(25-30-14-9-6-10-15-30)40(42)36(28(2)3)26-32-20-23-39-37(27-32)35-16-11-17-38(35)41(39)34-21-18-31(19-22-34)24-29-12-7-5-8-13-29/h5-7,9-10,12,14-15,18-23,26-28,33,35,38H,4,8,11,13,16-17,24-25H2,1-3H3. The predicted molar refractivity (Wildman–Crippen MR) is 177 cm³/mol. The number of allylic oxidation sites excluding steroid dienone is 5. The van der Waals surface area contributed by atoms with Crippen molar-refractivity contribution in [2.75, 3.05) is 4.90 Å². The van der Waals surface area contributed by atoms with Gasteiger partial charge in [-0.15, -0.1) is 0 Å². The maximum absolute atomic E-state index is 13.8. The Balaban J connectivity index is 1.26. The first-order valence-electron chi connectivity index (χ1n) is 16.2.